The monoisotopic (exact) mass is 119 g/mol. The molecule has 48 valence electrons. The van der Waals surface area contributed by atoms with E-state index >= 15 is 0 Å². The fourth-order valence-corrected chi connectivity index (χ4v) is 0.975. The van der Waals surface area contributed by atoms with E-state index in [1.165, 1.54) is 0 Å². The van der Waals surface area contributed by atoms with Crippen LogP contribution in [0.15, 0.2) is 0 Å². The highest BCUT2D eigenvalue weighted by atomic mass is 19.3. The first-order chi connectivity index (χ1) is 3.93. The molecule has 8 heavy (non-hydrogen) atoms. The van der Waals surface area contributed by atoms with E-state index < -0.39 is 0 Å². The quantitative estimate of drug-likeness (QED) is 0.576. The second kappa shape index (κ2) is 2.99. The molecule has 1 N–H and O–H groups in total. The van der Waals surface area contributed by atoms with Crippen LogP contribution in [-0.2, 0) is 4.94 Å². The molecule has 0 radical (unpaired) electrons. The van der Waals surface area contributed by atoms with E-state index in [1.54, 1.807) is 0 Å². The van der Waals surface area contributed by atoms with Gasteiger partial charge in [0, 0.05) is 6.04 Å². The predicted molar refractivity (Wildman–Crippen MR) is 28.1 cm³/mol. The van der Waals surface area contributed by atoms with Crippen LogP contribution in [0.5, 0.6) is 0 Å². The molecule has 0 aromatic rings. The van der Waals surface area contributed by atoms with Gasteiger partial charge in [-0.25, -0.2) is 0 Å². The molecular weight excluding hydrogens is 109 g/mol. The number of halogens is 1. The van der Waals surface area contributed by atoms with E-state index in [4.69, 9.17) is 0 Å². The summed E-state index contributed by atoms with van der Waals surface area (Å²) in [6.07, 6.45) is 2.19. The third-order valence-corrected chi connectivity index (χ3v) is 1.43. The molecule has 0 saturated carbocycles. The molecule has 1 saturated heterocycles. The average molecular weight is 119 g/mol. The van der Waals surface area contributed by atoms with Crippen molar-refractivity contribution in [3.05, 3.63) is 0 Å². The van der Waals surface area contributed by atoms with Crippen LogP contribution < -0.4 is 5.32 Å². The van der Waals surface area contributed by atoms with Crippen LogP contribution in [0.2, 0.25) is 0 Å². The molecule has 0 unspecified atom stereocenters. The van der Waals surface area contributed by atoms with E-state index in [-0.39, 0.29) is 12.6 Å². The molecule has 3 heteroatoms. The van der Waals surface area contributed by atoms with Crippen molar-refractivity contribution in [3.8, 4) is 0 Å². The highest BCUT2D eigenvalue weighted by molar-refractivity contribution is 4.72. The van der Waals surface area contributed by atoms with Crippen LogP contribution in [0.25, 0.3) is 0 Å². The second-order valence-corrected chi connectivity index (χ2v) is 2.07. The normalized spacial score (nSPS) is 28.9. The molecule has 1 heterocycles. The van der Waals surface area contributed by atoms with Gasteiger partial charge in [-0.3, -0.25) is 0 Å². The van der Waals surface area contributed by atoms with Gasteiger partial charge in [0.2, 0.25) is 0 Å². The minimum Gasteiger partial charge on any atom is -0.312 e. The molecule has 0 amide bonds. The fraction of sp³-hybridized carbons (Fsp3) is 1.00. The fourth-order valence-electron chi connectivity index (χ4n) is 0.975. The van der Waals surface area contributed by atoms with Gasteiger partial charge < -0.3 is 5.32 Å². The zero-order valence-electron chi connectivity index (χ0n) is 4.69. The molecule has 1 fully saturated rings. The molecule has 0 aliphatic carbocycles. The van der Waals surface area contributed by atoms with E-state index in [9.17, 15) is 4.53 Å². The molecule has 0 bridgehead atoms. The van der Waals surface area contributed by atoms with Crippen LogP contribution in [0.3, 0.4) is 0 Å². The Bertz CT molecular complexity index is 63.4. The molecular formula is C5H10FNO. The first kappa shape index (κ1) is 5.98. The molecule has 0 aromatic carbocycles. The van der Waals surface area contributed by atoms with Gasteiger partial charge in [0.05, 0.1) is 0 Å². The minimum atomic E-state index is 0.208. The molecule has 1 aliphatic rings. The van der Waals surface area contributed by atoms with Gasteiger partial charge in [0.15, 0.2) is 0 Å². The molecule has 0 aromatic heterocycles. The lowest BCUT2D eigenvalue weighted by Crippen LogP contribution is -2.25. The van der Waals surface area contributed by atoms with Gasteiger partial charge in [-0.15, -0.1) is 0 Å². The summed E-state index contributed by atoms with van der Waals surface area (Å²) in [5, 5.41) is 3.09. The summed E-state index contributed by atoms with van der Waals surface area (Å²) in [5.41, 5.74) is 0. The SMILES string of the molecule is FOC[C@@H]1CCCN1. The maximum atomic E-state index is 11.1. The summed E-state index contributed by atoms with van der Waals surface area (Å²) in [6.45, 7) is 1.22. The Hall–Kier alpha value is -0.150. The van der Waals surface area contributed by atoms with Gasteiger partial charge in [-0.05, 0) is 23.9 Å². The van der Waals surface area contributed by atoms with Crippen molar-refractivity contribution >= 4 is 0 Å². The lowest BCUT2D eigenvalue weighted by Gasteiger charge is -2.03. The van der Waals surface area contributed by atoms with Crippen LogP contribution in [0.4, 0.5) is 4.53 Å². The Morgan fingerprint density at radius 3 is 3.12 bits per heavy atom. The Morgan fingerprint density at radius 1 is 1.75 bits per heavy atom. The largest absolute Gasteiger partial charge is 0.312 e. The smallest absolute Gasteiger partial charge is 0.103 e. The maximum absolute atomic E-state index is 11.1. The third kappa shape index (κ3) is 1.42. The molecule has 1 rings (SSSR count). The zero-order valence-corrected chi connectivity index (χ0v) is 4.69. The average Bonchev–Trinajstić information content (AvgIpc) is 2.19. The molecule has 1 atom stereocenters. The van der Waals surface area contributed by atoms with E-state index in [1.807, 2.05) is 0 Å². The first-order valence-corrected chi connectivity index (χ1v) is 2.90. The zero-order chi connectivity index (χ0) is 5.82. The van der Waals surface area contributed by atoms with Crippen molar-refractivity contribution in [2.75, 3.05) is 13.2 Å². The van der Waals surface area contributed by atoms with E-state index in [0.29, 0.717) is 0 Å². The van der Waals surface area contributed by atoms with Gasteiger partial charge in [0.1, 0.15) is 6.61 Å². The van der Waals surface area contributed by atoms with Crippen molar-refractivity contribution in [2.24, 2.45) is 0 Å². The van der Waals surface area contributed by atoms with Crippen molar-refractivity contribution in [2.45, 2.75) is 18.9 Å². The van der Waals surface area contributed by atoms with Crippen molar-refractivity contribution in [1.82, 2.24) is 5.32 Å². The highest BCUT2D eigenvalue weighted by Gasteiger charge is 2.13. The molecule has 1 aliphatic heterocycles. The second-order valence-electron chi connectivity index (χ2n) is 2.07. The summed E-state index contributed by atoms with van der Waals surface area (Å²) in [7, 11) is 0. The number of hydrogen-bond donors (Lipinski definition) is 1. The maximum Gasteiger partial charge on any atom is 0.103 e. The lowest BCUT2D eigenvalue weighted by molar-refractivity contribution is -0.137. The highest BCUT2D eigenvalue weighted by Crippen LogP contribution is 2.04. The standard InChI is InChI=1S/C5H10FNO/c6-8-4-5-2-1-3-7-5/h5,7H,1-4H2/t5-/m0/s1. The van der Waals surface area contributed by atoms with Gasteiger partial charge in [-0.2, -0.15) is 4.94 Å². The van der Waals surface area contributed by atoms with Crippen LogP contribution in [0.1, 0.15) is 12.8 Å². The topological polar surface area (TPSA) is 21.3 Å². The summed E-state index contributed by atoms with van der Waals surface area (Å²) in [4.78, 5) is 3.46. The lowest BCUT2D eigenvalue weighted by atomic mass is 10.2. The Kier molecular flexibility index (Phi) is 2.24. The molecule has 0 spiro atoms. The predicted octanol–water partition coefficient (Wildman–Crippen LogP) is 0.639. The van der Waals surface area contributed by atoms with E-state index in [2.05, 4.69) is 10.3 Å². The minimum absolute atomic E-state index is 0.208. The first-order valence-electron chi connectivity index (χ1n) is 2.90. The van der Waals surface area contributed by atoms with Gasteiger partial charge in [-0.1, -0.05) is 0 Å². The van der Waals surface area contributed by atoms with Gasteiger partial charge >= 0.3 is 0 Å². The Labute approximate surface area is 47.9 Å². The van der Waals surface area contributed by atoms with Gasteiger partial charge in [0.25, 0.3) is 0 Å². The number of rotatable bonds is 2. The number of hydrogen-bond acceptors (Lipinski definition) is 2. The van der Waals surface area contributed by atoms with Crippen molar-refractivity contribution < 1.29 is 9.47 Å². The van der Waals surface area contributed by atoms with E-state index in [0.717, 1.165) is 19.4 Å². The van der Waals surface area contributed by atoms with Crippen molar-refractivity contribution in [3.63, 3.8) is 0 Å². The Balaban J connectivity index is 2.06. The summed E-state index contributed by atoms with van der Waals surface area (Å²) >= 11 is 0. The molecule has 2 nitrogen and oxygen atoms in total. The van der Waals surface area contributed by atoms with Crippen molar-refractivity contribution in [1.29, 1.82) is 0 Å². The van der Waals surface area contributed by atoms with Crippen LogP contribution >= 0.6 is 0 Å². The van der Waals surface area contributed by atoms with Crippen LogP contribution in [0, 0.1) is 0 Å². The third-order valence-electron chi connectivity index (χ3n) is 1.43. The number of nitrogens with one attached hydrogen (secondary N) is 1. The van der Waals surface area contributed by atoms with Crippen LogP contribution in [-0.4, -0.2) is 19.2 Å². The summed E-state index contributed by atoms with van der Waals surface area (Å²) in [6, 6.07) is 0.264. The summed E-state index contributed by atoms with van der Waals surface area (Å²) < 4.78 is 11.1. The summed E-state index contributed by atoms with van der Waals surface area (Å²) in [5.74, 6) is 0. The Morgan fingerprint density at radius 2 is 2.62 bits per heavy atom.